The van der Waals surface area contributed by atoms with Crippen LogP contribution in [0.15, 0.2) is 0 Å². The van der Waals surface area contributed by atoms with Gasteiger partial charge in [0.2, 0.25) is 0 Å². The molecule has 94 valence electrons. The van der Waals surface area contributed by atoms with Crippen molar-refractivity contribution >= 4 is 5.97 Å². The van der Waals surface area contributed by atoms with Gasteiger partial charge in [-0.15, -0.1) is 0 Å². The van der Waals surface area contributed by atoms with Crippen molar-refractivity contribution in [2.24, 2.45) is 17.3 Å². The molecule has 0 aromatic rings. The van der Waals surface area contributed by atoms with Gasteiger partial charge in [0.05, 0.1) is 5.92 Å². The number of ether oxygens (including phenoxy) is 1. The summed E-state index contributed by atoms with van der Waals surface area (Å²) < 4.78 is 5.54. The maximum Gasteiger partial charge on any atom is 0.308 e. The van der Waals surface area contributed by atoms with Gasteiger partial charge in [0.15, 0.2) is 0 Å². The van der Waals surface area contributed by atoms with Crippen LogP contribution in [0.2, 0.25) is 0 Å². The average molecular weight is 226 g/mol. The zero-order valence-electron chi connectivity index (χ0n) is 11.4. The number of hydrogen-bond acceptors (Lipinski definition) is 2. The molecule has 0 N–H and O–H groups in total. The Balaban J connectivity index is 2.48. The Morgan fingerprint density at radius 3 is 2.38 bits per heavy atom. The third-order valence-corrected chi connectivity index (χ3v) is 3.61. The summed E-state index contributed by atoms with van der Waals surface area (Å²) in [6, 6.07) is 0. The van der Waals surface area contributed by atoms with Gasteiger partial charge >= 0.3 is 5.97 Å². The van der Waals surface area contributed by atoms with Gasteiger partial charge < -0.3 is 4.74 Å². The number of carbonyl (C=O) groups is 1. The number of esters is 1. The molecule has 1 fully saturated rings. The summed E-state index contributed by atoms with van der Waals surface area (Å²) in [5.74, 6) is 0.640. The molecule has 2 heteroatoms. The largest absolute Gasteiger partial charge is 0.462 e. The average Bonchev–Trinajstić information content (AvgIpc) is 2.16. The summed E-state index contributed by atoms with van der Waals surface area (Å²) in [5.41, 5.74) is 0.336. The molecule has 0 aromatic carbocycles. The zero-order chi connectivity index (χ0) is 12.3. The lowest BCUT2D eigenvalue weighted by molar-refractivity contribution is -0.155. The normalized spacial score (nSPS) is 26.9. The molecule has 0 bridgehead atoms. The fraction of sp³-hybridized carbons (Fsp3) is 0.929. The standard InChI is InChI=1S/C14H26O2/c1-10(2)13(15)16-12-8-6-7-11(9-12)14(3,4)5/h10-12H,6-9H2,1-5H3/t11-,12-/m1/s1. The Hall–Kier alpha value is -0.530. The van der Waals surface area contributed by atoms with Crippen molar-refractivity contribution in [3.05, 3.63) is 0 Å². The van der Waals surface area contributed by atoms with Gasteiger partial charge in [-0.3, -0.25) is 4.79 Å². The third-order valence-electron chi connectivity index (χ3n) is 3.61. The number of carbonyl (C=O) groups excluding carboxylic acids is 1. The summed E-state index contributed by atoms with van der Waals surface area (Å²) in [6.07, 6.45) is 4.72. The van der Waals surface area contributed by atoms with Crippen LogP contribution in [-0.2, 0) is 9.53 Å². The lowest BCUT2D eigenvalue weighted by Crippen LogP contribution is -2.32. The minimum absolute atomic E-state index is 0.00462. The van der Waals surface area contributed by atoms with E-state index in [0.717, 1.165) is 12.8 Å². The topological polar surface area (TPSA) is 26.3 Å². The van der Waals surface area contributed by atoms with E-state index in [0.29, 0.717) is 11.3 Å². The molecule has 0 amide bonds. The fourth-order valence-electron chi connectivity index (χ4n) is 2.34. The minimum Gasteiger partial charge on any atom is -0.462 e. The van der Waals surface area contributed by atoms with Crippen LogP contribution in [0.3, 0.4) is 0 Å². The molecule has 1 aliphatic rings. The van der Waals surface area contributed by atoms with Crippen LogP contribution in [0.4, 0.5) is 0 Å². The van der Waals surface area contributed by atoms with Crippen LogP contribution >= 0.6 is 0 Å². The molecule has 2 atom stereocenters. The molecule has 0 aromatic heterocycles. The van der Waals surface area contributed by atoms with E-state index in [1.807, 2.05) is 13.8 Å². The molecule has 1 saturated carbocycles. The Bertz CT molecular complexity index is 238. The van der Waals surface area contributed by atoms with Crippen LogP contribution in [-0.4, -0.2) is 12.1 Å². The van der Waals surface area contributed by atoms with Crippen molar-refractivity contribution < 1.29 is 9.53 Å². The van der Waals surface area contributed by atoms with Gasteiger partial charge in [0, 0.05) is 0 Å². The first-order valence-electron chi connectivity index (χ1n) is 6.51. The van der Waals surface area contributed by atoms with Gasteiger partial charge in [0.25, 0.3) is 0 Å². The molecule has 1 rings (SSSR count). The van der Waals surface area contributed by atoms with Crippen molar-refractivity contribution in [1.82, 2.24) is 0 Å². The molecular weight excluding hydrogens is 200 g/mol. The number of hydrogen-bond donors (Lipinski definition) is 0. The minimum atomic E-state index is -0.0421. The predicted molar refractivity (Wildman–Crippen MR) is 66.1 cm³/mol. The highest BCUT2D eigenvalue weighted by atomic mass is 16.5. The highest BCUT2D eigenvalue weighted by molar-refractivity contribution is 5.71. The van der Waals surface area contributed by atoms with E-state index in [4.69, 9.17) is 4.74 Å². The molecule has 0 heterocycles. The van der Waals surface area contributed by atoms with Crippen LogP contribution in [0, 0.1) is 17.3 Å². The van der Waals surface area contributed by atoms with E-state index < -0.39 is 0 Å². The maximum atomic E-state index is 11.5. The third kappa shape index (κ3) is 3.80. The van der Waals surface area contributed by atoms with E-state index in [9.17, 15) is 4.79 Å². The zero-order valence-corrected chi connectivity index (χ0v) is 11.4. The first-order valence-corrected chi connectivity index (χ1v) is 6.51. The lowest BCUT2D eigenvalue weighted by atomic mass is 9.71. The van der Waals surface area contributed by atoms with Gasteiger partial charge in [-0.2, -0.15) is 0 Å². The lowest BCUT2D eigenvalue weighted by Gasteiger charge is -2.37. The summed E-state index contributed by atoms with van der Waals surface area (Å²) in [5, 5.41) is 0. The second-order valence-electron chi connectivity index (χ2n) is 6.44. The van der Waals surface area contributed by atoms with Crippen LogP contribution in [0.25, 0.3) is 0 Å². The Morgan fingerprint density at radius 1 is 1.25 bits per heavy atom. The molecule has 0 aliphatic heterocycles. The van der Waals surface area contributed by atoms with Crippen LogP contribution < -0.4 is 0 Å². The van der Waals surface area contributed by atoms with Crippen molar-refractivity contribution in [1.29, 1.82) is 0 Å². The second kappa shape index (κ2) is 5.20. The summed E-state index contributed by atoms with van der Waals surface area (Å²) in [7, 11) is 0. The van der Waals surface area contributed by atoms with E-state index in [-0.39, 0.29) is 18.0 Å². The first kappa shape index (κ1) is 13.5. The Labute approximate surface area is 99.8 Å². The smallest absolute Gasteiger partial charge is 0.308 e. The Morgan fingerprint density at radius 2 is 1.88 bits per heavy atom. The monoisotopic (exact) mass is 226 g/mol. The summed E-state index contributed by atoms with van der Waals surface area (Å²) >= 11 is 0. The first-order chi connectivity index (χ1) is 7.30. The fourth-order valence-corrected chi connectivity index (χ4v) is 2.34. The molecule has 16 heavy (non-hydrogen) atoms. The molecular formula is C14H26O2. The molecule has 0 saturated heterocycles. The highest BCUT2D eigenvalue weighted by Gasteiger charge is 2.32. The molecule has 0 radical (unpaired) electrons. The van der Waals surface area contributed by atoms with Crippen LogP contribution in [0.5, 0.6) is 0 Å². The second-order valence-corrected chi connectivity index (χ2v) is 6.44. The van der Waals surface area contributed by atoms with E-state index in [1.54, 1.807) is 0 Å². The molecule has 0 spiro atoms. The van der Waals surface area contributed by atoms with Crippen LogP contribution in [0.1, 0.15) is 60.3 Å². The van der Waals surface area contributed by atoms with Crippen molar-refractivity contribution in [3.63, 3.8) is 0 Å². The molecule has 2 nitrogen and oxygen atoms in total. The SMILES string of the molecule is CC(C)C(=O)O[C@@H]1CCC[C@@H](C(C)(C)C)C1. The van der Waals surface area contributed by atoms with E-state index in [2.05, 4.69) is 20.8 Å². The maximum absolute atomic E-state index is 11.5. The summed E-state index contributed by atoms with van der Waals surface area (Å²) in [6.45, 7) is 10.6. The predicted octanol–water partition coefficient (Wildman–Crippen LogP) is 3.79. The quantitative estimate of drug-likeness (QED) is 0.670. The van der Waals surface area contributed by atoms with Gasteiger partial charge in [-0.25, -0.2) is 0 Å². The van der Waals surface area contributed by atoms with Gasteiger partial charge in [0.1, 0.15) is 6.10 Å². The summed E-state index contributed by atoms with van der Waals surface area (Å²) in [4.78, 5) is 11.5. The molecule has 1 aliphatic carbocycles. The highest BCUT2D eigenvalue weighted by Crippen LogP contribution is 2.38. The van der Waals surface area contributed by atoms with Crippen molar-refractivity contribution in [2.45, 2.75) is 66.4 Å². The van der Waals surface area contributed by atoms with Gasteiger partial charge in [-0.05, 0) is 37.0 Å². The van der Waals surface area contributed by atoms with Crippen molar-refractivity contribution in [2.75, 3.05) is 0 Å². The number of rotatable bonds is 2. The van der Waals surface area contributed by atoms with Crippen molar-refractivity contribution in [3.8, 4) is 0 Å². The van der Waals surface area contributed by atoms with E-state index in [1.165, 1.54) is 12.8 Å². The molecule has 0 unspecified atom stereocenters. The Kier molecular flexibility index (Phi) is 4.40. The van der Waals surface area contributed by atoms with Gasteiger partial charge in [-0.1, -0.05) is 34.6 Å². The van der Waals surface area contributed by atoms with E-state index >= 15 is 0 Å².